The zero-order valence-corrected chi connectivity index (χ0v) is 18.6. The third kappa shape index (κ3) is 6.65. The van der Waals surface area contributed by atoms with Crippen LogP contribution in [-0.4, -0.2) is 45.7 Å². The lowest BCUT2D eigenvalue weighted by atomic mass is 10.1. The molecule has 0 unspecified atom stereocenters. The van der Waals surface area contributed by atoms with Gasteiger partial charge in [-0.1, -0.05) is 0 Å². The highest BCUT2D eigenvalue weighted by molar-refractivity contribution is 5.94. The molecule has 0 aliphatic rings. The molecule has 2 aromatic heterocycles. The fourth-order valence-electron chi connectivity index (χ4n) is 3.11. The van der Waals surface area contributed by atoms with Crippen LogP contribution in [0.5, 0.6) is 0 Å². The Morgan fingerprint density at radius 1 is 1.03 bits per heavy atom. The van der Waals surface area contributed by atoms with Gasteiger partial charge in [-0.2, -0.15) is 18.3 Å². The number of benzene rings is 1. The molecule has 35 heavy (non-hydrogen) atoms. The van der Waals surface area contributed by atoms with Crippen LogP contribution in [0.25, 0.3) is 5.69 Å². The quantitative estimate of drug-likeness (QED) is 0.447. The van der Waals surface area contributed by atoms with Gasteiger partial charge in [0.05, 0.1) is 18.5 Å². The van der Waals surface area contributed by atoms with Crippen LogP contribution >= 0.6 is 0 Å². The van der Waals surface area contributed by atoms with E-state index in [2.05, 4.69) is 25.5 Å². The molecule has 2 N–H and O–H groups in total. The molecular formula is C23H22F3N5O4. The van der Waals surface area contributed by atoms with Crippen LogP contribution in [0.3, 0.4) is 0 Å². The number of carbonyl (C=O) groups excluding carboxylic acids is 3. The third-order valence-corrected chi connectivity index (χ3v) is 4.78. The molecule has 0 aliphatic carbocycles. The molecule has 0 aliphatic heterocycles. The topological polar surface area (TPSA) is 115 Å². The number of carbonyl (C=O) groups is 3. The average Bonchev–Trinajstić information content (AvgIpc) is 3.30. The van der Waals surface area contributed by atoms with Crippen LogP contribution in [0, 0.1) is 0 Å². The van der Waals surface area contributed by atoms with Gasteiger partial charge >= 0.3 is 12.1 Å². The maximum Gasteiger partial charge on any atom is 0.434 e. The number of nitrogens with zero attached hydrogens (tertiary/aromatic N) is 3. The van der Waals surface area contributed by atoms with Crippen molar-refractivity contribution in [2.75, 3.05) is 13.2 Å². The van der Waals surface area contributed by atoms with Crippen LogP contribution in [0.15, 0.2) is 55.0 Å². The summed E-state index contributed by atoms with van der Waals surface area (Å²) in [7, 11) is 0. The number of esters is 1. The van der Waals surface area contributed by atoms with E-state index in [-0.39, 0.29) is 36.7 Å². The lowest BCUT2D eigenvalue weighted by Gasteiger charge is -2.13. The molecule has 0 saturated carbocycles. The van der Waals surface area contributed by atoms with E-state index in [9.17, 15) is 27.6 Å². The molecule has 3 rings (SSSR count). The summed E-state index contributed by atoms with van der Waals surface area (Å²) in [6, 6.07) is 8.72. The molecule has 12 heteroatoms. The van der Waals surface area contributed by atoms with Crippen molar-refractivity contribution in [3.63, 3.8) is 0 Å². The first-order valence-corrected chi connectivity index (χ1v) is 10.6. The Balaban J connectivity index is 1.60. The molecule has 2 heterocycles. The Hall–Kier alpha value is -4.22. The smallest absolute Gasteiger partial charge is 0.434 e. The number of rotatable bonds is 9. The summed E-state index contributed by atoms with van der Waals surface area (Å²) >= 11 is 0. The van der Waals surface area contributed by atoms with Gasteiger partial charge < -0.3 is 15.4 Å². The number of pyridine rings is 1. The van der Waals surface area contributed by atoms with Gasteiger partial charge in [0, 0.05) is 37.5 Å². The highest BCUT2D eigenvalue weighted by atomic mass is 19.4. The molecule has 2 amide bonds. The van der Waals surface area contributed by atoms with E-state index in [0.29, 0.717) is 11.2 Å². The average molecular weight is 489 g/mol. The minimum Gasteiger partial charge on any atom is -0.462 e. The first-order chi connectivity index (χ1) is 16.7. The minimum absolute atomic E-state index is 0.0000804. The molecule has 0 saturated heterocycles. The van der Waals surface area contributed by atoms with E-state index < -0.39 is 29.3 Å². The number of ether oxygens (including phenoxy) is 1. The van der Waals surface area contributed by atoms with Crippen molar-refractivity contribution < 1.29 is 32.3 Å². The first-order valence-electron chi connectivity index (χ1n) is 10.6. The Morgan fingerprint density at radius 3 is 2.34 bits per heavy atom. The maximum absolute atomic E-state index is 13.6. The largest absolute Gasteiger partial charge is 0.462 e. The highest BCUT2D eigenvalue weighted by Crippen LogP contribution is 2.34. The minimum atomic E-state index is -4.87. The van der Waals surface area contributed by atoms with Crippen LogP contribution in [-0.2, 0) is 22.3 Å². The van der Waals surface area contributed by atoms with Gasteiger partial charge in [-0.05, 0) is 48.9 Å². The maximum atomic E-state index is 13.6. The molecule has 0 bridgehead atoms. The van der Waals surface area contributed by atoms with Crippen LogP contribution in [0.2, 0.25) is 0 Å². The van der Waals surface area contributed by atoms with E-state index in [1.807, 2.05) is 0 Å². The first kappa shape index (κ1) is 25.4. The van der Waals surface area contributed by atoms with E-state index in [1.165, 1.54) is 31.2 Å². The normalized spacial score (nSPS) is 11.1. The highest BCUT2D eigenvalue weighted by Gasteiger charge is 2.41. The van der Waals surface area contributed by atoms with Crippen LogP contribution in [0.4, 0.5) is 13.2 Å². The SMILES string of the molecule is CCOC(=O)c1cnn(-c2ccc(C(=O)NCCC(=O)NCc3ccncc3)cc2)c1C(F)(F)F. The Kier molecular flexibility index (Phi) is 8.18. The number of halogens is 3. The molecule has 184 valence electrons. The molecule has 0 fully saturated rings. The number of nitrogens with one attached hydrogen (secondary N) is 2. The summed E-state index contributed by atoms with van der Waals surface area (Å²) in [4.78, 5) is 40.1. The van der Waals surface area contributed by atoms with Gasteiger partial charge in [-0.25, -0.2) is 9.48 Å². The lowest BCUT2D eigenvalue weighted by Crippen LogP contribution is -2.30. The molecule has 3 aromatic rings. The van der Waals surface area contributed by atoms with Gasteiger partial charge in [-0.3, -0.25) is 14.6 Å². The van der Waals surface area contributed by atoms with Gasteiger partial charge in [0.2, 0.25) is 5.91 Å². The van der Waals surface area contributed by atoms with Crippen LogP contribution in [0.1, 0.15) is 45.3 Å². The van der Waals surface area contributed by atoms with Gasteiger partial charge in [0.25, 0.3) is 5.91 Å². The third-order valence-electron chi connectivity index (χ3n) is 4.78. The van der Waals surface area contributed by atoms with Crippen LogP contribution < -0.4 is 10.6 Å². The number of alkyl halides is 3. The number of hydrogen-bond acceptors (Lipinski definition) is 6. The van der Waals surface area contributed by atoms with Crippen molar-refractivity contribution in [2.45, 2.75) is 26.1 Å². The zero-order chi connectivity index (χ0) is 25.4. The molecule has 0 spiro atoms. The summed E-state index contributed by atoms with van der Waals surface area (Å²) in [5.41, 5.74) is -0.913. The summed E-state index contributed by atoms with van der Waals surface area (Å²) < 4.78 is 46.1. The molecule has 0 atom stereocenters. The van der Waals surface area contributed by atoms with E-state index in [1.54, 1.807) is 24.5 Å². The second-order valence-corrected chi connectivity index (χ2v) is 7.22. The zero-order valence-electron chi connectivity index (χ0n) is 18.6. The van der Waals surface area contributed by atoms with Gasteiger partial charge in [-0.15, -0.1) is 0 Å². The predicted octanol–water partition coefficient (Wildman–Crippen LogP) is 2.90. The Morgan fingerprint density at radius 2 is 1.71 bits per heavy atom. The molecule has 9 nitrogen and oxygen atoms in total. The number of hydrogen-bond donors (Lipinski definition) is 2. The molecular weight excluding hydrogens is 467 g/mol. The van der Waals surface area contributed by atoms with Crippen molar-refractivity contribution in [1.29, 1.82) is 0 Å². The molecule has 0 radical (unpaired) electrons. The van der Waals surface area contributed by atoms with Crippen molar-refractivity contribution in [3.8, 4) is 5.69 Å². The van der Waals surface area contributed by atoms with Crippen molar-refractivity contribution >= 4 is 17.8 Å². The van der Waals surface area contributed by atoms with Crippen molar-refractivity contribution in [3.05, 3.63) is 77.4 Å². The van der Waals surface area contributed by atoms with E-state index in [0.717, 1.165) is 11.8 Å². The second-order valence-electron chi connectivity index (χ2n) is 7.22. The molecule has 1 aromatic carbocycles. The monoisotopic (exact) mass is 489 g/mol. The van der Waals surface area contributed by atoms with E-state index in [4.69, 9.17) is 0 Å². The summed E-state index contributed by atoms with van der Waals surface area (Å²) in [6.45, 7) is 1.80. The second kappa shape index (κ2) is 11.3. The standard InChI is InChI=1S/C23H22F3N5O4/c1-2-35-22(34)18-14-30-31(20(18)23(24,25)26)17-5-3-16(4-6-17)21(33)28-12-9-19(32)29-13-15-7-10-27-11-8-15/h3-8,10-11,14H,2,9,12-13H2,1H3,(H,28,33)(H,29,32). The fraction of sp³-hybridized carbons (Fsp3) is 0.261. The van der Waals surface area contributed by atoms with Crippen molar-refractivity contribution in [1.82, 2.24) is 25.4 Å². The Bertz CT molecular complexity index is 1180. The number of amides is 2. The van der Waals surface area contributed by atoms with E-state index >= 15 is 0 Å². The summed E-state index contributed by atoms with van der Waals surface area (Å²) in [6.07, 6.45) is -0.799. The lowest BCUT2D eigenvalue weighted by molar-refractivity contribution is -0.143. The van der Waals surface area contributed by atoms with Gasteiger partial charge in [0.15, 0.2) is 5.69 Å². The Labute approximate surface area is 198 Å². The van der Waals surface area contributed by atoms with Crippen molar-refractivity contribution in [2.24, 2.45) is 0 Å². The fourth-order valence-corrected chi connectivity index (χ4v) is 3.11. The van der Waals surface area contributed by atoms with Gasteiger partial charge in [0.1, 0.15) is 5.56 Å². The predicted molar refractivity (Wildman–Crippen MR) is 118 cm³/mol. The number of aromatic nitrogens is 3. The summed E-state index contributed by atoms with van der Waals surface area (Å²) in [5.74, 6) is -1.89. The summed E-state index contributed by atoms with van der Waals surface area (Å²) in [5, 5.41) is 8.99.